The molecule has 1 atom stereocenters. The van der Waals surface area contributed by atoms with Crippen molar-refractivity contribution < 1.29 is 14.6 Å². The molecule has 0 aliphatic rings. The Kier molecular flexibility index (Phi) is 4.58. The van der Waals surface area contributed by atoms with E-state index in [9.17, 15) is 5.11 Å². The van der Waals surface area contributed by atoms with Crippen molar-refractivity contribution in [2.75, 3.05) is 20.8 Å². The molecule has 0 fully saturated rings. The molecule has 1 rings (SSSR count). The molecule has 3 N–H and O–H groups in total. The lowest BCUT2D eigenvalue weighted by molar-refractivity contribution is 0.185. The van der Waals surface area contributed by atoms with Gasteiger partial charge in [-0.2, -0.15) is 0 Å². The second kappa shape index (κ2) is 5.52. The molecular formula is C11H16BrNO3. The van der Waals surface area contributed by atoms with E-state index in [1.54, 1.807) is 20.3 Å². The second-order valence-corrected chi connectivity index (χ2v) is 4.18. The summed E-state index contributed by atoms with van der Waals surface area (Å²) in [5.41, 5.74) is 7.09. The molecular weight excluding hydrogens is 274 g/mol. The Hall–Kier alpha value is -0.780. The van der Waals surface area contributed by atoms with Crippen LogP contribution in [0.15, 0.2) is 10.5 Å². The lowest BCUT2D eigenvalue weighted by atomic mass is 10.0. The predicted molar refractivity (Wildman–Crippen MR) is 66.0 cm³/mol. The first-order chi connectivity index (χ1) is 7.56. The van der Waals surface area contributed by atoms with Crippen LogP contribution in [-0.4, -0.2) is 25.9 Å². The number of hydrogen-bond acceptors (Lipinski definition) is 4. The molecule has 1 aromatic carbocycles. The average Bonchev–Trinajstić information content (AvgIpc) is 2.31. The third kappa shape index (κ3) is 2.31. The summed E-state index contributed by atoms with van der Waals surface area (Å²) in [6.07, 6.45) is -0.698. The van der Waals surface area contributed by atoms with Crippen molar-refractivity contribution in [3.8, 4) is 11.5 Å². The summed E-state index contributed by atoms with van der Waals surface area (Å²) in [6.45, 7) is 2.06. The van der Waals surface area contributed by atoms with Gasteiger partial charge in [-0.1, -0.05) is 0 Å². The Labute approximate surface area is 103 Å². The molecule has 0 bridgehead atoms. The molecule has 5 heteroatoms. The SMILES string of the molecule is COc1cc(C(O)CN)c(C)c(Br)c1OC. The second-order valence-electron chi connectivity index (χ2n) is 3.39. The maximum absolute atomic E-state index is 9.78. The predicted octanol–water partition coefficient (Wildman–Crippen LogP) is 1.77. The highest BCUT2D eigenvalue weighted by Crippen LogP contribution is 2.40. The van der Waals surface area contributed by atoms with Gasteiger partial charge >= 0.3 is 0 Å². The zero-order valence-electron chi connectivity index (χ0n) is 9.58. The van der Waals surface area contributed by atoms with Crippen LogP contribution in [0.3, 0.4) is 0 Å². The molecule has 0 saturated heterocycles. The van der Waals surface area contributed by atoms with E-state index in [1.807, 2.05) is 6.92 Å². The van der Waals surface area contributed by atoms with Crippen LogP contribution in [0.2, 0.25) is 0 Å². The Morgan fingerprint density at radius 2 is 2.06 bits per heavy atom. The Bertz CT molecular complexity index is 382. The molecule has 0 aromatic heterocycles. The van der Waals surface area contributed by atoms with Crippen molar-refractivity contribution >= 4 is 15.9 Å². The van der Waals surface area contributed by atoms with Crippen molar-refractivity contribution in [3.63, 3.8) is 0 Å². The van der Waals surface area contributed by atoms with Gasteiger partial charge in [0.25, 0.3) is 0 Å². The van der Waals surface area contributed by atoms with Gasteiger partial charge in [0.2, 0.25) is 0 Å². The highest BCUT2D eigenvalue weighted by atomic mass is 79.9. The standard InChI is InChI=1S/C11H16BrNO3/c1-6-7(8(14)5-13)4-9(15-2)11(16-3)10(6)12/h4,8,14H,5,13H2,1-3H3. The number of rotatable bonds is 4. The molecule has 0 aliphatic carbocycles. The van der Waals surface area contributed by atoms with Crippen molar-refractivity contribution in [2.45, 2.75) is 13.0 Å². The van der Waals surface area contributed by atoms with E-state index in [-0.39, 0.29) is 6.54 Å². The highest BCUT2D eigenvalue weighted by molar-refractivity contribution is 9.10. The number of methoxy groups -OCH3 is 2. The van der Waals surface area contributed by atoms with Gasteiger partial charge < -0.3 is 20.3 Å². The van der Waals surface area contributed by atoms with Crippen molar-refractivity contribution in [1.82, 2.24) is 0 Å². The summed E-state index contributed by atoms with van der Waals surface area (Å²) in [4.78, 5) is 0. The zero-order chi connectivity index (χ0) is 12.3. The number of ether oxygens (including phenoxy) is 2. The molecule has 0 heterocycles. The lowest BCUT2D eigenvalue weighted by Crippen LogP contribution is -2.13. The maximum atomic E-state index is 9.78. The molecule has 1 aromatic rings. The molecule has 0 spiro atoms. The van der Waals surface area contributed by atoms with Crippen molar-refractivity contribution in [1.29, 1.82) is 0 Å². The fourth-order valence-electron chi connectivity index (χ4n) is 1.54. The molecule has 4 nitrogen and oxygen atoms in total. The molecule has 16 heavy (non-hydrogen) atoms. The monoisotopic (exact) mass is 289 g/mol. The van der Waals surface area contributed by atoms with Gasteiger partial charge in [-0.15, -0.1) is 0 Å². The molecule has 0 saturated carbocycles. The zero-order valence-corrected chi connectivity index (χ0v) is 11.2. The van der Waals surface area contributed by atoms with E-state index in [2.05, 4.69) is 15.9 Å². The molecule has 0 aliphatic heterocycles. The first-order valence-corrected chi connectivity index (χ1v) is 5.65. The van der Waals surface area contributed by atoms with E-state index < -0.39 is 6.10 Å². The van der Waals surface area contributed by atoms with Gasteiger partial charge in [0.15, 0.2) is 11.5 Å². The first kappa shape index (κ1) is 13.3. The van der Waals surface area contributed by atoms with E-state index in [0.717, 1.165) is 15.6 Å². The van der Waals surface area contributed by atoms with E-state index in [1.165, 1.54) is 0 Å². The van der Waals surface area contributed by atoms with Gasteiger partial charge in [-0.25, -0.2) is 0 Å². The fourth-order valence-corrected chi connectivity index (χ4v) is 2.12. The summed E-state index contributed by atoms with van der Waals surface area (Å²) in [5.74, 6) is 1.19. The summed E-state index contributed by atoms with van der Waals surface area (Å²) in [7, 11) is 3.12. The van der Waals surface area contributed by atoms with Crippen LogP contribution in [0, 0.1) is 6.92 Å². The van der Waals surface area contributed by atoms with Gasteiger partial charge in [-0.3, -0.25) is 0 Å². The summed E-state index contributed by atoms with van der Waals surface area (Å²) in [6, 6.07) is 1.75. The van der Waals surface area contributed by atoms with E-state index >= 15 is 0 Å². The third-order valence-electron chi connectivity index (χ3n) is 2.48. The molecule has 0 radical (unpaired) electrons. The summed E-state index contributed by atoms with van der Waals surface area (Å²) < 4.78 is 11.2. The number of benzene rings is 1. The number of aliphatic hydroxyl groups excluding tert-OH is 1. The van der Waals surface area contributed by atoms with Crippen LogP contribution >= 0.6 is 15.9 Å². The summed E-state index contributed by atoms with van der Waals surface area (Å²) >= 11 is 3.42. The number of aliphatic hydroxyl groups is 1. The minimum absolute atomic E-state index is 0.169. The molecule has 90 valence electrons. The van der Waals surface area contributed by atoms with Crippen LogP contribution in [-0.2, 0) is 0 Å². The molecule has 0 amide bonds. The van der Waals surface area contributed by atoms with Crippen LogP contribution < -0.4 is 15.2 Å². The summed E-state index contributed by atoms with van der Waals surface area (Å²) in [5, 5.41) is 9.78. The highest BCUT2D eigenvalue weighted by Gasteiger charge is 2.18. The topological polar surface area (TPSA) is 64.7 Å². The molecule has 1 unspecified atom stereocenters. The number of hydrogen-bond donors (Lipinski definition) is 2. The number of nitrogens with two attached hydrogens (primary N) is 1. The largest absolute Gasteiger partial charge is 0.493 e. The minimum atomic E-state index is -0.698. The minimum Gasteiger partial charge on any atom is -0.493 e. The van der Waals surface area contributed by atoms with Crippen LogP contribution in [0.1, 0.15) is 17.2 Å². The van der Waals surface area contributed by atoms with Crippen LogP contribution in [0.4, 0.5) is 0 Å². The normalized spacial score (nSPS) is 12.4. The van der Waals surface area contributed by atoms with Crippen LogP contribution in [0.5, 0.6) is 11.5 Å². The first-order valence-electron chi connectivity index (χ1n) is 4.85. The Morgan fingerprint density at radius 3 is 2.50 bits per heavy atom. The quantitative estimate of drug-likeness (QED) is 0.887. The fraction of sp³-hybridized carbons (Fsp3) is 0.455. The van der Waals surface area contributed by atoms with Gasteiger partial charge in [0, 0.05) is 6.54 Å². The number of halogens is 1. The van der Waals surface area contributed by atoms with Gasteiger partial charge in [-0.05, 0) is 40.0 Å². The average molecular weight is 290 g/mol. The van der Waals surface area contributed by atoms with Gasteiger partial charge in [0.1, 0.15) is 0 Å². The smallest absolute Gasteiger partial charge is 0.175 e. The Morgan fingerprint density at radius 1 is 1.44 bits per heavy atom. The Balaban J connectivity index is 3.38. The maximum Gasteiger partial charge on any atom is 0.175 e. The van der Waals surface area contributed by atoms with Crippen molar-refractivity contribution in [2.24, 2.45) is 5.73 Å². The van der Waals surface area contributed by atoms with Gasteiger partial charge in [0.05, 0.1) is 24.8 Å². The van der Waals surface area contributed by atoms with E-state index in [4.69, 9.17) is 15.2 Å². The van der Waals surface area contributed by atoms with Crippen LogP contribution in [0.25, 0.3) is 0 Å². The van der Waals surface area contributed by atoms with E-state index in [0.29, 0.717) is 11.5 Å². The third-order valence-corrected chi connectivity index (χ3v) is 3.43. The van der Waals surface area contributed by atoms with Crippen molar-refractivity contribution in [3.05, 3.63) is 21.7 Å². The lowest BCUT2D eigenvalue weighted by Gasteiger charge is -2.18.